The molecule has 4 N–H and O–H groups in total. The second-order valence-electron chi connectivity index (χ2n) is 5.59. The number of amides is 2. The largest absolute Gasteiger partial charge is 0.354 e. The Morgan fingerprint density at radius 2 is 1.89 bits per heavy atom. The number of hydrogen-bond acceptors (Lipinski definition) is 3. The van der Waals surface area contributed by atoms with Crippen molar-refractivity contribution in [1.29, 1.82) is 0 Å². The molecule has 0 aliphatic heterocycles. The molecule has 0 bridgehead atoms. The van der Waals surface area contributed by atoms with Gasteiger partial charge in [-0.1, -0.05) is 19.8 Å². The van der Waals surface area contributed by atoms with E-state index < -0.39 is 6.04 Å². The van der Waals surface area contributed by atoms with E-state index in [0.29, 0.717) is 13.0 Å². The molecule has 0 aromatic carbocycles. The van der Waals surface area contributed by atoms with Gasteiger partial charge in [0.2, 0.25) is 11.8 Å². The summed E-state index contributed by atoms with van der Waals surface area (Å²) < 4.78 is 0. The molecule has 2 amide bonds. The van der Waals surface area contributed by atoms with Crippen LogP contribution in [-0.2, 0) is 9.59 Å². The Bertz CT molecular complexity index is 272. The van der Waals surface area contributed by atoms with Gasteiger partial charge < -0.3 is 16.4 Å². The second-order valence-corrected chi connectivity index (χ2v) is 5.59. The summed E-state index contributed by atoms with van der Waals surface area (Å²) in [5, 5.41) is 5.52. The highest BCUT2D eigenvalue weighted by Crippen LogP contribution is 1.99. The zero-order valence-electron chi connectivity index (χ0n) is 12.0. The minimum Gasteiger partial charge on any atom is -0.354 e. The number of carbonyl (C=O) groups excluding carboxylic acids is 2. The van der Waals surface area contributed by atoms with E-state index in [1.165, 1.54) is 0 Å². The van der Waals surface area contributed by atoms with Gasteiger partial charge in [-0.2, -0.15) is 0 Å². The van der Waals surface area contributed by atoms with Crippen molar-refractivity contribution >= 4 is 11.8 Å². The number of nitrogens with two attached hydrogens (primary N) is 1. The first kappa shape index (κ1) is 16.9. The number of rotatable bonds is 7. The van der Waals surface area contributed by atoms with E-state index in [2.05, 4.69) is 17.6 Å². The van der Waals surface area contributed by atoms with Crippen LogP contribution in [0.5, 0.6) is 0 Å². The highest BCUT2D eigenvalue weighted by molar-refractivity contribution is 5.82. The topological polar surface area (TPSA) is 84.2 Å². The zero-order valence-corrected chi connectivity index (χ0v) is 12.0. The van der Waals surface area contributed by atoms with Crippen LogP contribution in [-0.4, -0.2) is 29.9 Å². The van der Waals surface area contributed by atoms with Crippen molar-refractivity contribution in [1.82, 2.24) is 10.6 Å². The summed E-state index contributed by atoms with van der Waals surface area (Å²) in [6.45, 7) is 8.15. The normalized spacial score (nSPS) is 12.9. The number of hydrogen-bond donors (Lipinski definition) is 3. The molecule has 0 radical (unpaired) electrons. The van der Waals surface area contributed by atoms with E-state index in [1.807, 2.05) is 20.8 Å². The van der Waals surface area contributed by atoms with Gasteiger partial charge >= 0.3 is 0 Å². The predicted molar refractivity (Wildman–Crippen MR) is 73.0 cm³/mol. The second kappa shape index (κ2) is 8.08. The average Bonchev–Trinajstić information content (AvgIpc) is 2.23. The molecule has 0 aliphatic rings. The monoisotopic (exact) mass is 257 g/mol. The summed E-state index contributed by atoms with van der Waals surface area (Å²) in [6, 6.07) is -0.462. The molecule has 0 saturated heterocycles. The van der Waals surface area contributed by atoms with Gasteiger partial charge in [-0.05, 0) is 27.2 Å². The van der Waals surface area contributed by atoms with Crippen molar-refractivity contribution in [3.05, 3.63) is 0 Å². The lowest BCUT2D eigenvalue weighted by Gasteiger charge is -2.20. The molecular weight excluding hydrogens is 230 g/mol. The molecule has 0 fully saturated rings. The smallest absolute Gasteiger partial charge is 0.236 e. The van der Waals surface area contributed by atoms with Crippen molar-refractivity contribution in [2.24, 2.45) is 5.73 Å². The molecule has 0 aromatic heterocycles. The quantitative estimate of drug-likeness (QED) is 0.634. The van der Waals surface area contributed by atoms with E-state index >= 15 is 0 Å². The summed E-state index contributed by atoms with van der Waals surface area (Å²) in [6.07, 6.45) is 2.94. The molecule has 0 saturated carbocycles. The Morgan fingerprint density at radius 3 is 2.39 bits per heavy atom. The van der Waals surface area contributed by atoms with Gasteiger partial charge in [0.25, 0.3) is 0 Å². The highest BCUT2D eigenvalue weighted by Gasteiger charge is 2.15. The number of carbonyl (C=O) groups is 2. The van der Waals surface area contributed by atoms with Crippen LogP contribution in [0.25, 0.3) is 0 Å². The molecule has 0 rings (SSSR count). The standard InChI is InChI=1S/C13H27N3O2/c1-5-6-7-10(14)12(18)15-9-8-11(17)16-13(2,3)4/h10H,5-9,14H2,1-4H3,(H,15,18)(H,16,17)/t10-/m0/s1. The van der Waals surface area contributed by atoms with E-state index in [-0.39, 0.29) is 23.8 Å². The maximum Gasteiger partial charge on any atom is 0.236 e. The summed E-state index contributed by atoms with van der Waals surface area (Å²) in [5.41, 5.74) is 5.47. The Balaban J connectivity index is 3.77. The van der Waals surface area contributed by atoms with Crippen LogP contribution >= 0.6 is 0 Å². The molecule has 5 nitrogen and oxygen atoms in total. The van der Waals surface area contributed by atoms with Crippen molar-refractivity contribution in [2.75, 3.05) is 6.54 Å². The van der Waals surface area contributed by atoms with Crippen LogP contribution in [0.4, 0.5) is 0 Å². The third kappa shape index (κ3) is 8.98. The molecule has 0 heterocycles. The van der Waals surface area contributed by atoms with Gasteiger partial charge in [-0.3, -0.25) is 9.59 Å². The van der Waals surface area contributed by atoms with Crippen LogP contribution in [0.3, 0.4) is 0 Å². The van der Waals surface area contributed by atoms with Gasteiger partial charge in [0, 0.05) is 18.5 Å². The number of nitrogens with one attached hydrogen (secondary N) is 2. The van der Waals surface area contributed by atoms with Crippen LogP contribution in [0.2, 0.25) is 0 Å². The van der Waals surface area contributed by atoms with E-state index in [9.17, 15) is 9.59 Å². The lowest BCUT2D eigenvalue weighted by atomic mass is 10.1. The van der Waals surface area contributed by atoms with Crippen molar-refractivity contribution < 1.29 is 9.59 Å². The van der Waals surface area contributed by atoms with Gasteiger partial charge in [-0.25, -0.2) is 0 Å². The minimum absolute atomic E-state index is 0.0649. The molecule has 106 valence electrons. The molecule has 0 aromatic rings. The third-order valence-corrected chi connectivity index (χ3v) is 2.37. The summed E-state index contributed by atoms with van der Waals surface area (Å²) in [7, 11) is 0. The lowest BCUT2D eigenvalue weighted by Crippen LogP contribution is -2.44. The van der Waals surface area contributed by atoms with Gasteiger partial charge in [0.05, 0.1) is 6.04 Å². The van der Waals surface area contributed by atoms with Gasteiger partial charge in [0.15, 0.2) is 0 Å². The Hall–Kier alpha value is -1.10. The predicted octanol–water partition coefficient (Wildman–Crippen LogP) is 0.925. The van der Waals surface area contributed by atoms with Crippen molar-refractivity contribution in [2.45, 2.75) is 65.0 Å². The molecule has 5 heteroatoms. The molecule has 18 heavy (non-hydrogen) atoms. The maximum absolute atomic E-state index is 11.5. The average molecular weight is 257 g/mol. The molecular formula is C13H27N3O2. The Labute approximate surface area is 110 Å². The van der Waals surface area contributed by atoms with Gasteiger partial charge in [-0.15, -0.1) is 0 Å². The number of unbranched alkanes of at least 4 members (excludes halogenated alkanes) is 1. The first-order chi connectivity index (χ1) is 8.26. The van der Waals surface area contributed by atoms with E-state index in [4.69, 9.17) is 5.73 Å². The van der Waals surface area contributed by atoms with Crippen LogP contribution in [0, 0.1) is 0 Å². The third-order valence-electron chi connectivity index (χ3n) is 2.37. The van der Waals surface area contributed by atoms with Gasteiger partial charge in [0.1, 0.15) is 0 Å². The molecule has 0 aliphatic carbocycles. The summed E-state index contributed by atoms with van der Waals surface area (Å²) in [4.78, 5) is 23.0. The lowest BCUT2D eigenvalue weighted by molar-refractivity contribution is -0.123. The van der Waals surface area contributed by atoms with E-state index in [1.54, 1.807) is 0 Å². The van der Waals surface area contributed by atoms with Crippen LogP contribution in [0.1, 0.15) is 53.4 Å². The van der Waals surface area contributed by atoms with E-state index in [0.717, 1.165) is 12.8 Å². The molecule has 0 spiro atoms. The van der Waals surface area contributed by atoms with Crippen LogP contribution in [0.15, 0.2) is 0 Å². The fourth-order valence-electron chi connectivity index (χ4n) is 1.47. The first-order valence-electron chi connectivity index (χ1n) is 6.60. The maximum atomic E-state index is 11.5. The van der Waals surface area contributed by atoms with Crippen LogP contribution < -0.4 is 16.4 Å². The molecule has 0 unspecified atom stereocenters. The first-order valence-corrected chi connectivity index (χ1v) is 6.60. The van der Waals surface area contributed by atoms with Crippen molar-refractivity contribution in [3.8, 4) is 0 Å². The summed E-state index contributed by atoms with van der Waals surface area (Å²) >= 11 is 0. The highest BCUT2D eigenvalue weighted by atomic mass is 16.2. The zero-order chi connectivity index (χ0) is 14.2. The Kier molecular flexibility index (Phi) is 7.59. The Morgan fingerprint density at radius 1 is 1.28 bits per heavy atom. The van der Waals surface area contributed by atoms with Crippen molar-refractivity contribution in [3.63, 3.8) is 0 Å². The summed E-state index contributed by atoms with van der Waals surface area (Å²) in [5.74, 6) is -0.239. The minimum atomic E-state index is -0.462. The molecule has 1 atom stereocenters. The SMILES string of the molecule is CCCC[C@H](N)C(=O)NCCC(=O)NC(C)(C)C. The fourth-order valence-corrected chi connectivity index (χ4v) is 1.47. The fraction of sp³-hybridized carbons (Fsp3) is 0.846.